The summed E-state index contributed by atoms with van der Waals surface area (Å²) in [6, 6.07) is 7.97. The molecule has 4 N–H and O–H groups in total. The molecule has 3 heteroatoms. The molecule has 0 spiro atoms. The van der Waals surface area contributed by atoms with Gasteiger partial charge in [0, 0.05) is 18.9 Å². The maximum atomic E-state index is 5.89. The van der Waals surface area contributed by atoms with Crippen LogP contribution in [0.1, 0.15) is 11.1 Å². The van der Waals surface area contributed by atoms with E-state index in [0.29, 0.717) is 0 Å². The molecule has 0 atom stereocenters. The Kier molecular flexibility index (Phi) is 2.63. The normalized spacial score (nSPS) is 10.2. The van der Waals surface area contributed by atoms with E-state index in [2.05, 4.69) is 23.3 Å². The number of nitrogens with two attached hydrogens (primary N) is 1. The summed E-state index contributed by atoms with van der Waals surface area (Å²) < 4.78 is 0. The maximum absolute atomic E-state index is 5.89. The zero-order valence-electron chi connectivity index (χ0n) is 8.75. The highest BCUT2D eigenvalue weighted by molar-refractivity contribution is 5.69. The zero-order chi connectivity index (χ0) is 10.7. The Balaban J connectivity index is 2.11. The van der Waals surface area contributed by atoms with E-state index in [9.17, 15) is 0 Å². The molecule has 78 valence electrons. The molecule has 0 saturated heterocycles. The third-order valence-corrected chi connectivity index (χ3v) is 2.44. The van der Waals surface area contributed by atoms with Crippen LogP contribution >= 0.6 is 0 Å². The van der Waals surface area contributed by atoms with Crippen molar-refractivity contribution >= 4 is 11.4 Å². The van der Waals surface area contributed by atoms with Crippen molar-refractivity contribution in [3.05, 3.63) is 47.8 Å². The first-order valence-corrected chi connectivity index (χ1v) is 4.98. The summed E-state index contributed by atoms with van der Waals surface area (Å²) in [6.45, 7) is 2.84. The van der Waals surface area contributed by atoms with Crippen LogP contribution in [0.3, 0.4) is 0 Å². The average Bonchev–Trinajstić information content (AvgIpc) is 2.70. The fraction of sp³-hybridized carbons (Fsp3) is 0.167. The van der Waals surface area contributed by atoms with E-state index in [-0.39, 0.29) is 0 Å². The molecule has 1 aromatic heterocycles. The quantitative estimate of drug-likeness (QED) is 0.668. The molecule has 1 heterocycles. The second-order valence-corrected chi connectivity index (χ2v) is 3.61. The number of rotatable bonds is 3. The topological polar surface area (TPSA) is 53.8 Å². The van der Waals surface area contributed by atoms with E-state index in [1.165, 1.54) is 11.1 Å². The van der Waals surface area contributed by atoms with Crippen molar-refractivity contribution in [2.24, 2.45) is 0 Å². The highest BCUT2D eigenvalue weighted by atomic mass is 14.9. The largest absolute Gasteiger partial charge is 0.397 e. The molecule has 0 aliphatic carbocycles. The molecule has 0 radical (unpaired) electrons. The minimum absolute atomic E-state index is 0.790. The van der Waals surface area contributed by atoms with Gasteiger partial charge in [-0.05, 0) is 30.2 Å². The molecule has 0 saturated carbocycles. The number of H-pyrrole nitrogens is 1. The van der Waals surface area contributed by atoms with Gasteiger partial charge in [0.1, 0.15) is 0 Å². The molecular formula is C12H15N3. The van der Waals surface area contributed by atoms with Crippen LogP contribution in [0.15, 0.2) is 36.7 Å². The summed E-state index contributed by atoms with van der Waals surface area (Å²) in [5, 5.41) is 3.34. The minimum atomic E-state index is 0.790. The zero-order valence-corrected chi connectivity index (χ0v) is 8.75. The van der Waals surface area contributed by atoms with Crippen LogP contribution in [0.25, 0.3) is 0 Å². The fourth-order valence-electron chi connectivity index (χ4n) is 1.59. The van der Waals surface area contributed by atoms with Gasteiger partial charge in [0.05, 0.1) is 11.4 Å². The lowest BCUT2D eigenvalue weighted by molar-refractivity contribution is 1.14. The first-order valence-electron chi connectivity index (χ1n) is 4.98. The summed E-state index contributed by atoms with van der Waals surface area (Å²) in [7, 11) is 0. The summed E-state index contributed by atoms with van der Waals surface area (Å²) >= 11 is 0. The number of benzene rings is 1. The monoisotopic (exact) mass is 201 g/mol. The van der Waals surface area contributed by atoms with E-state index in [1.807, 2.05) is 30.6 Å². The predicted molar refractivity (Wildman–Crippen MR) is 63.7 cm³/mol. The molecule has 0 unspecified atom stereocenters. The molecule has 1 aromatic carbocycles. The number of anilines is 2. The van der Waals surface area contributed by atoms with Gasteiger partial charge in [-0.1, -0.05) is 12.1 Å². The molecule has 2 aromatic rings. The van der Waals surface area contributed by atoms with Crippen molar-refractivity contribution in [3.63, 3.8) is 0 Å². The number of nitrogens with one attached hydrogen (secondary N) is 2. The van der Waals surface area contributed by atoms with Gasteiger partial charge in [0.25, 0.3) is 0 Å². The fourth-order valence-corrected chi connectivity index (χ4v) is 1.59. The summed E-state index contributed by atoms with van der Waals surface area (Å²) in [5.41, 5.74) is 10.1. The van der Waals surface area contributed by atoms with E-state index < -0.39 is 0 Å². The number of nitrogen functional groups attached to an aromatic ring is 1. The number of para-hydroxylation sites is 1. The van der Waals surface area contributed by atoms with E-state index in [4.69, 9.17) is 5.73 Å². The Morgan fingerprint density at radius 2 is 2.20 bits per heavy atom. The number of aromatic amines is 1. The van der Waals surface area contributed by atoms with Crippen molar-refractivity contribution in [3.8, 4) is 0 Å². The standard InChI is InChI=1S/C12H15N3/c1-9-3-2-4-11(13)12(9)15-8-10-5-6-14-7-10/h2-7,14-15H,8,13H2,1H3. The van der Waals surface area contributed by atoms with Crippen LogP contribution in [-0.4, -0.2) is 4.98 Å². The lowest BCUT2D eigenvalue weighted by Gasteiger charge is -2.11. The molecule has 0 aliphatic rings. The van der Waals surface area contributed by atoms with Gasteiger partial charge in [-0.15, -0.1) is 0 Å². The molecule has 0 amide bonds. The van der Waals surface area contributed by atoms with Gasteiger partial charge in [-0.25, -0.2) is 0 Å². The van der Waals surface area contributed by atoms with Gasteiger partial charge in [-0.2, -0.15) is 0 Å². The van der Waals surface area contributed by atoms with Crippen molar-refractivity contribution in [2.45, 2.75) is 13.5 Å². The lowest BCUT2D eigenvalue weighted by atomic mass is 10.1. The Labute approximate surface area is 89.3 Å². The van der Waals surface area contributed by atoms with Crippen molar-refractivity contribution in [2.75, 3.05) is 11.1 Å². The average molecular weight is 201 g/mol. The van der Waals surface area contributed by atoms with E-state index >= 15 is 0 Å². The van der Waals surface area contributed by atoms with Gasteiger partial charge in [-0.3, -0.25) is 0 Å². The molecule has 3 nitrogen and oxygen atoms in total. The summed E-state index contributed by atoms with van der Waals surface area (Å²) in [4.78, 5) is 3.02. The number of aryl methyl sites for hydroxylation is 1. The van der Waals surface area contributed by atoms with Gasteiger partial charge in [0.2, 0.25) is 0 Å². The number of hydrogen-bond donors (Lipinski definition) is 3. The van der Waals surface area contributed by atoms with Crippen molar-refractivity contribution in [1.29, 1.82) is 0 Å². The first kappa shape index (κ1) is 9.65. The molecule has 2 rings (SSSR count). The summed E-state index contributed by atoms with van der Waals surface area (Å²) in [5.74, 6) is 0. The van der Waals surface area contributed by atoms with Gasteiger partial charge in [0.15, 0.2) is 0 Å². The van der Waals surface area contributed by atoms with Gasteiger partial charge < -0.3 is 16.0 Å². The smallest absolute Gasteiger partial charge is 0.0606 e. The SMILES string of the molecule is Cc1cccc(N)c1NCc1cc[nH]c1. The second kappa shape index (κ2) is 4.09. The maximum Gasteiger partial charge on any atom is 0.0606 e. The van der Waals surface area contributed by atoms with Crippen molar-refractivity contribution in [1.82, 2.24) is 4.98 Å². The van der Waals surface area contributed by atoms with Crippen LogP contribution in [0.2, 0.25) is 0 Å². The molecule has 15 heavy (non-hydrogen) atoms. The molecule has 0 aliphatic heterocycles. The summed E-state index contributed by atoms with van der Waals surface area (Å²) in [6.07, 6.45) is 3.89. The van der Waals surface area contributed by atoms with E-state index in [1.54, 1.807) is 0 Å². The van der Waals surface area contributed by atoms with Crippen molar-refractivity contribution < 1.29 is 0 Å². The first-order chi connectivity index (χ1) is 7.27. The Morgan fingerprint density at radius 3 is 2.87 bits per heavy atom. The van der Waals surface area contributed by atoms with Crippen LogP contribution in [0, 0.1) is 6.92 Å². The molecule has 0 bridgehead atoms. The Morgan fingerprint density at radius 1 is 1.33 bits per heavy atom. The lowest BCUT2D eigenvalue weighted by Crippen LogP contribution is -2.03. The Bertz CT molecular complexity index is 412. The highest BCUT2D eigenvalue weighted by Crippen LogP contribution is 2.22. The van der Waals surface area contributed by atoms with E-state index in [0.717, 1.165) is 17.9 Å². The highest BCUT2D eigenvalue weighted by Gasteiger charge is 2.01. The third kappa shape index (κ3) is 2.13. The number of hydrogen-bond acceptors (Lipinski definition) is 2. The van der Waals surface area contributed by atoms with Crippen LogP contribution < -0.4 is 11.1 Å². The third-order valence-electron chi connectivity index (χ3n) is 2.44. The molecule has 0 fully saturated rings. The number of aromatic nitrogens is 1. The van der Waals surface area contributed by atoms with Crippen LogP contribution in [-0.2, 0) is 6.54 Å². The molecular weight excluding hydrogens is 186 g/mol. The minimum Gasteiger partial charge on any atom is -0.397 e. The van der Waals surface area contributed by atoms with Crippen LogP contribution in [0.5, 0.6) is 0 Å². The second-order valence-electron chi connectivity index (χ2n) is 3.61. The Hall–Kier alpha value is -1.90. The predicted octanol–water partition coefficient (Wildman–Crippen LogP) is 2.52. The van der Waals surface area contributed by atoms with Gasteiger partial charge >= 0.3 is 0 Å². The van der Waals surface area contributed by atoms with Crippen LogP contribution in [0.4, 0.5) is 11.4 Å².